The highest BCUT2D eigenvalue weighted by Crippen LogP contribution is 2.28. The number of hydrogen-bond donors (Lipinski definition) is 1. The summed E-state index contributed by atoms with van der Waals surface area (Å²) in [5, 5.41) is 4.10. The van der Waals surface area contributed by atoms with Crippen LogP contribution in [0.2, 0.25) is 0 Å². The zero-order valence-corrected chi connectivity index (χ0v) is 17.9. The molecule has 7 heteroatoms. The van der Waals surface area contributed by atoms with Gasteiger partial charge in [0.25, 0.3) is 0 Å². The molecule has 1 aliphatic rings. The summed E-state index contributed by atoms with van der Waals surface area (Å²) in [5.41, 5.74) is 1.71. The molecule has 5 nitrogen and oxygen atoms in total. The number of rotatable bonds is 5. The molecular weight excluding hydrogens is 375 g/mol. The van der Waals surface area contributed by atoms with Gasteiger partial charge in [0.1, 0.15) is 10.8 Å². The van der Waals surface area contributed by atoms with Gasteiger partial charge in [-0.2, -0.15) is 0 Å². The minimum atomic E-state index is -0.231. The van der Waals surface area contributed by atoms with Gasteiger partial charge in [0.05, 0.1) is 18.8 Å². The number of halogens is 1. The number of benzene rings is 1. The summed E-state index contributed by atoms with van der Waals surface area (Å²) < 4.78 is 13.2. The normalized spacial score (nSPS) is 16.3. The van der Waals surface area contributed by atoms with E-state index in [-0.39, 0.29) is 17.3 Å². The summed E-state index contributed by atoms with van der Waals surface area (Å²) >= 11 is 1.70. The van der Waals surface area contributed by atoms with Crippen molar-refractivity contribution < 1.29 is 9.18 Å². The number of amides is 1. The molecule has 0 saturated carbocycles. The fraction of sp³-hybridized carbons (Fsp3) is 0.524. The number of thiazole rings is 1. The quantitative estimate of drug-likeness (QED) is 0.831. The van der Waals surface area contributed by atoms with Crippen LogP contribution in [0.15, 0.2) is 24.3 Å². The van der Waals surface area contributed by atoms with Gasteiger partial charge in [-0.05, 0) is 52.0 Å². The fourth-order valence-electron chi connectivity index (χ4n) is 3.35. The zero-order valence-electron chi connectivity index (χ0n) is 17.1. The molecule has 152 valence electrons. The van der Waals surface area contributed by atoms with Crippen LogP contribution in [0, 0.1) is 12.7 Å². The number of piperazine rings is 1. The van der Waals surface area contributed by atoms with Crippen molar-refractivity contribution in [3.05, 3.63) is 40.0 Å². The Morgan fingerprint density at radius 3 is 2.36 bits per heavy atom. The van der Waals surface area contributed by atoms with Crippen LogP contribution in [-0.4, -0.2) is 59.0 Å². The summed E-state index contributed by atoms with van der Waals surface area (Å²) in [6.07, 6.45) is 0. The third kappa shape index (κ3) is 5.83. The molecule has 0 aliphatic carbocycles. The van der Waals surface area contributed by atoms with E-state index in [4.69, 9.17) is 4.98 Å². The van der Waals surface area contributed by atoms with E-state index in [2.05, 4.69) is 22.0 Å². The maximum atomic E-state index is 13.2. The Morgan fingerprint density at radius 2 is 1.75 bits per heavy atom. The van der Waals surface area contributed by atoms with Crippen molar-refractivity contribution in [3.63, 3.8) is 0 Å². The average molecular weight is 405 g/mol. The molecule has 0 bridgehead atoms. The van der Waals surface area contributed by atoms with Crippen LogP contribution in [0.3, 0.4) is 0 Å². The van der Waals surface area contributed by atoms with E-state index in [0.717, 1.165) is 53.9 Å². The number of hydrogen-bond acceptors (Lipinski definition) is 5. The highest BCUT2D eigenvalue weighted by Gasteiger charge is 2.22. The number of aryl methyl sites for hydroxylation is 1. The van der Waals surface area contributed by atoms with Crippen LogP contribution in [0.25, 0.3) is 11.3 Å². The lowest BCUT2D eigenvalue weighted by Gasteiger charge is -2.34. The molecule has 2 heterocycles. The smallest absolute Gasteiger partial charge is 0.234 e. The van der Waals surface area contributed by atoms with E-state index in [9.17, 15) is 9.18 Å². The summed E-state index contributed by atoms with van der Waals surface area (Å²) in [4.78, 5) is 22.6. The first kappa shape index (κ1) is 20.9. The van der Waals surface area contributed by atoms with E-state index >= 15 is 0 Å². The second-order valence-corrected chi connectivity index (χ2v) is 9.66. The van der Waals surface area contributed by atoms with Crippen LogP contribution in [0.5, 0.6) is 0 Å². The molecule has 2 aromatic rings. The van der Waals surface area contributed by atoms with Gasteiger partial charge in [-0.25, -0.2) is 9.37 Å². The molecule has 3 rings (SSSR count). The molecule has 1 saturated heterocycles. The first-order valence-electron chi connectivity index (χ1n) is 9.67. The van der Waals surface area contributed by atoms with E-state index in [1.54, 1.807) is 23.5 Å². The number of carbonyl (C=O) groups excluding carboxylic acids is 1. The van der Waals surface area contributed by atoms with Crippen LogP contribution in [0.4, 0.5) is 4.39 Å². The molecule has 1 N–H and O–H groups in total. The largest absolute Gasteiger partial charge is 0.350 e. The first-order valence-corrected chi connectivity index (χ1v) is 10.5. The minimum absolute atomic E-state index is 0.0837. The molecule has 1 aromatic heterocycles. The third-order valence-corrected chi connectivity index (χ3v) is 5.62. The average Bonchev–Trinajstić information content (AvgIpc) is 2.96. The number of carbonyl (C=O) groups is 1. The lowest BCUT2D eigenvalue weighted by molar-refractivity contribution is -0.124. The van der Waals surface area contributed by atoms with Crippen LogP contribution < -0.4 is 5.32 Å². The molecule has 0 radical (unpaired) electrons. The maximum absolute atomic E-state index is 13.2. The van der Waals surface area contributed by atoms with Crippen molar-refractivity contribution in [1.82, 2.24) is 20.1 Å². The second-order valence-electron chi connectivity index (χ2n) is 8.37. The Bertz CT molecular complexity index is 805. The molecule has 0 spiro atoms. The van der Waals surface area contributed by atoms with Gasteiger partial charge in [-0.15, -0.1) is 11.3 Å². The van der Waals surface area contributed by atoms with Gasteiger partial charge < -0.3 is 5.32 Å². The number of aromatic nitrogens is 1. The van der Waals surface area contributed by atoms with Crippen molar-refractivity contribution in [3.8, 4) is 11.3 Å². The van der Waals surface area contributed by atoms with E-state index < -0.39 is 0 Å². The molecule has 1 aliphatic heterocycles. The standard InChI is InChI=1S/C21H29FN4OS/c1-15-20(16-5-7-17(22)8-6-16)23-19(28-15)14-26-11-9-25(10-12-26)13-18(27)24-21(2,3)4/h5-8H,9-14H2,1-4H3,(H,24,27). The van der Waals surface area contributed by atoms with Crippen molar-refractivity contribution in [2.24, 2.45) is 0 Å². The first-order chi connectivity index (χ1) is 13.2. The van der Waals surface area contributed by atoms with Gasteiger partial charge >= 0.3 is 0 Å². The summed E-state index contributed by atoms with van der Waals surface area (Å²) in [7, 11) is 0. The van der Waals surface area contributed by atoms with E-state index in [0.29, 0.717) is 6.54 Å². The second kappa shape index (κ2) is 8.68. The number of nitrogens with zero attached hydrogens (tertiary/aromatic N) is 3. The molecular formula is C21H29FN4OS. The van der Waals surface area contributed by atoms with Gasteiger partial charge in [-0.3, -0.25) is 14.6 Å². The van der Waals surface area contributed by atoms with Gasteiger partial charge in [-0.1, -0.05) is 0 Å². The van der Waals surface area contributed by atoms with Crippen LogP contribution in [0.1, 0.15) is 30.7 Å². The predicted molar refractivity (Wildman–Crippen MR) is 112 cm³/mol. The van der Waals surface area contributed by atoms with Crippen molar-refractivity contribution in [2.75, 3.05) is 32.7 Å². The Balaban J connectivity index is 1.52. The van der Waals surface area contributed by atoms with E-state index in [1.165, 1.54) is 12.1 Å². The van der Waals surface area contributed by atoms with Crippen molar-refractivity contribution >= 4 is 17.2 Å². The summed E-state index contributed by atoms with van der Waals surface area (Å²) in [5.74, 6) is -0.147. The van der Waals surface area contributed by atoms with Crippen molar-refractivity contribution in [2.45, 2.75) is 39.8 Å². The van der Waals surface area contributed by atoms with Crippen LogP contribution in [-0.2, 0) is 11.3 Å². The highest BCUT2D eigenvalue weighted by atomic mass is 32.1. The Kier molecular flexibility index (Phi) is 6.47. The Labute approximate surface area is 170 Å². The lowest BCUT2D eigenvalue weighted by atomic mass is 10.1. The van der Waals surface area contributed by atoms with Crippen LogP contribution >= 0.6 is 11.3 Å². The summed E-state index contributed by atoms with van der Waals surface area (Å²) in [6.45, 7) is 12.9. The molecule has 1 amide bonds. The molecule has 1 aromatic carbocycles. The Morgan fingerprint density at radius 1 is 1.14 bits per heavy atom. The predicted octanol–water partition coefficient (Wildman–Crippen LogP) is 3.29. The molecule has 1 fully saturated rings. The molecule has 28 heavy (non-hydrogen) atoms. The van der Waals surface area contributed by atoms with Gasteiger partial charge in [0.15, 0.2) is 0 Å². The summed E-state index contributed by atoms with van der Waals surface area (Å²) in [6, 6.07) is 6.51. The highest BCUT2D eigenvalue weighted by molar-refractivity contribution is 7.12. The SMILES string of the molecule is Cc1sc(CN2CCN(CC(=O)NC(C)(C)C)CC2)nc1-c1ccc(F)cc1. The maximum Gasteiger partial charge on any atom is 0.234 e. The van der Waals surface area contributed by atoms with Crippen molar-refractivity contribution in [1.29, 1.82) is 0 Å². The van der Waals surface area contributed by atoms with Gasteiger partial charge in [0.2, 0.25) is 5.91 Å². The number of nitrogens with one attached hydrogen (secondary N) is 1. The van der Waals surface area contributed by atoms with E-state index in [1.807, 2.05) is 20.8 Å². The zero-order chi connectivity index (χ0) is 20.3. The fourth-order valence-corrected chi connectivity index (χ4v) is 4.35. The monoisotopic (exact) mass is 404 g/mol. The Hall–Kier alpha value is -1.83. The minimum Gasteiger partial charge on any atom is -0.350 e. The van der Waals surface area contributed by atoms with Gasteiger partial charge in [0, 0.05) is 42.2 Å². The molecule has 0 unspecified atom stereocenters. The third-order valence-electron chi connectivity index (χ3n) is 4.66. The lowest BCUT2D eigenvalue weighted by Crippen LogP contribution is -2.51. The molecule has 0 atom stereocenters. The topological polar surface area (TPSA) is 48.5 Å².